The van der Waals surface area contributed by atoms with Crippen LogP contribution < -0.4 is 10.5 Å². The van der Waals surface area contributed by atoms with Gasteiger partial charge in [0.2, 0.25) is 5.91 Å². The fourth-order valence-corrected chi connectivity index (χ4v) is 1.96. The van der Waals surface area contributed by atoms with E-state index >= 15 is 0 Å². The molecule has 19 heavy (non-hydrogen) atoms. The molecule has 106 valence electrons. The molecule has 0 saturated heterocycles. The number of nitrogens with two attached hydrogens (primary N) is 1. The van der Waals surface area contributed by atoms with E-state index in [4.69, 9.17) is 10.5 Å². The smallest absolute Gasteiger partial charge is 0.248 e. The Hall–Kier alpha value is -1.51. The van der Waals surface area contributed by atoms with Crippen molar-refractivity contribution in [2.45, 2.75) is 51.9 Å². The van der Waals surface area contributed by atoms with Crippen LogP contribution in [0.4, 0.5) is 0 Å². The minimum atomic E-state index is -0.404. The van der Waals surface area contributed by atoms with Crippen LogP contribution >= 0.6 is 0 Å². The van der Waals surface area contributed by atoms with Crippen molar-refractivity contribution >= 4 is 5.91 Å². The highest BCUT2D eigenvalue weighted by Gasteiger charge is 2.00. The summed E-state index contributed by atoms with van der Waals surface area (Å²) >= 11 is 0. The molecular weight excluding hydrogens is 238 g/mol. The number of benzene rings is 1. The molecule has 0 aliphatic rings. The van der Waals surface area contributed by atoms with E-state index < -0.39 is 5.91 Å². The van der Waals surface area contributed by atoms with Gasteiger partial charge in [0.1, 0.15) is 5.75 Å². The Morgan fingerprint density at radius 2 is 1.58 bits per heavy atom. The van der Waals surface area contributed by atoms with E-state index in [0.717, 1.165) is 18.8 Å². The van der Waals surface area contributed by atoms with Crippen molar-refractivity contribution in [2.75, 3.05) is 6.61 Å². The molecule has 3 heteroatoms. The molecule has 1 aromatic carbocycles. The Morgan fingerprint density at radius 1 is 1.00 bits per heavy atom. The maximum Gasteiger partial charge on any atom is 0.248 e. The SMILES string of the molecule is CCCCCCCCCOc1ccc(C(N)=O)cc1. The summed E-state index contributed by atoms with van der Waals surface area (Å²) in [4.78, 5) is 10.9. The first-order valence-corrected chi connectivity index (χ1v) is 7.26. The fourth-order valence-electron chi connectivity index (χ4n) is 1.96. The monoisotopic (exact) mass is 263 g/mol. The molecule has 0 bridgehead atoms. The molecule has 3 nitrogen and oxygen atoms in total. The molecule has 0 saturated carbocycles. The first kappa shape index (κ1) is 15.5. The number of unbranched alkanes of at least 4 members (excludes halogenated alkanes) is 6. The molecule has 1 amide bonds. The van der Waals surface area contributed by atoms with Crippen LogP contribution in [-0.2, 0) is 0 Å². The van der Waals surface area contributed by atoms with E-state index in [9.17, 15) is 4.79 Å². The fraction of sp³-hybridized carbons (Fsp3) is 0.562. The lowest BCUT2D eigenvalue weighted by Gasteiger charge is -2.06. The summed E-state index contributed by atoms with van der Waals surface area (Å²) in [5, 5.41) is 0. The van der Waals surface area contributed by atoms with E-state index in [0.29, 0.717) is 5.56 Å². The van der Waals surface area contributed by atoms with Gasteiger partial charge in [0, 0.05) is 5.56 Å². The van der Waals surface area contributed by atoms with Crippen molar-refractivity contribution in [3.05, 3.63) is 29.8 Å². The summed E-state index contributed by atoms with van der Waals surface area (Å²) in [5.41, 5.74) is 5.69. The molecule has 0 spiro atoms. The second-order valence-electron chi connectivity index (χ2n) is 4.86. The summed E-state index contributed by atoms with van der Waals surface area (Å²) in [6.07, 6.45) is 8.94. The van der Waals surface area contributed by atoms with Gasteiger partial charge in [-0.25, -0.2) is 0 Å². The molecule has 0 atom stereocenters. The largest absolute Gasteiger partial charge is 0.494 e. The van der Waals surface area contributed by atoms with Gasteiger partial charge in [-0.15, -0.1) is 0 Å². The first-order chi connectivity index (χ1) is 9.24. The lowest BCUT2D eigenvalue weighted by atomic mass is 10.1. The molecule has 1 rings (SSSR count). The lowest BCUT2D eigenvalue weighted by Crippen LogP contribution is -2.10. The Kier molecular flexibility index (Phi) is 7.71. The number of carbonyl (C=O) groups is 1. The highest BCUT2D eigenvalue weighted by molar-refractivity contribution is 5.92. The van der Waals surface area contributed by atoms with Crippen LogP contribution in [0.5, 0.6) is 5.75 Å². The van der Waals surface area contributed by atoms with Crippen LogP contribution in [0.2, 0.25) is 0 Å². The van der Waals surface area contributed by atoms with Crippen LogP contribution in [0.25, 0.3) is 0 Å². The zero-order chi connectivity index (χ0) is 13.9. The standard InChI is InChI=1S/C16H25NO2/c1-2-3-4-5-6-7-8-13-19-15-11-9-14(10-12-15)16(17)18/h9-12H,2-8,13H2,1H3,(H2,17,18). The van der Waals surface area contributed by atoms with Gasteiger partial charge in [0.25, 0.3) is 0 Å². The molecular formula is C16H25NO2. The molecule has 0 radical (unpaired) electrons. The van der Waals surface area contributed by atoms with E-state index in [1.165, 1.54) is 38.5 Å². The van der Waals surface area contributed by atoms with Crippen LogP contribution in [0, 0.1) is 0 Å². The van der Waals surface area contributed by atoms with Crippen molar-refractivity contribution in [1.29, 1.82) is 0 Å². The second-order valence-corrected chi connectivity index (χ2v) is 4.86. The van der Waals surface area contributed by atoms with Gasteiger partial charge in [-0.05, 0) is 30.7 Å². The Morgan fingerprint density at radius 3 is 2.16 bits per heavy atom. The van der Waals surface area contributed by atoms with Gasteiger partial charge >= 0.3 is 0 Å². The third-order valence-electron chi connectivity index (χ3n) is 3.16. The number of primary amides is 1. The van der Waals surface area contributed by atoms with Crippen LogP contribution in [0.15, 0.2) is 24.3 Å². The zero-order valence-corrected chi connectivity index (χ0v) is 11.9. The average Bonchev–Trinajstić information content (AvgIpc) is 2.42. The van der Waals surface area contributed by atoms with Crippen LogP contribution in [-0.4, -0.2) is 12.5 Å². The molecule has 0 aliphatic carbocycles. The molecule has 1 aromatic rings. The highest BCUT2D eigenvalue weighted by atomic mass is 16.5. The van der Waals surface area contributed by atoms with Gasteiger partial charge in [0.15, 0.2) is 0 Å². The number of hydrogen-bond donors (Lipinski definition) is 1. The van der Waals surface area contributed by atoms with Crippen molar-refractivity contribution in [2.24, 2.45) is 5.73 Å². The van der Waals surface area contributed by atoms with Gasteiger partial charge in [-0.3, -0.25) is 4.79 Å². The summed E-state index contributed by atoms with van der Waals surface area (Å²) in [6.45, 7) is 2.97. The van der Waals surface area contributed by atoms with Gasteiger partial charge in [-0.1, -0.05) is 45.4 Å². The van der Waals surface area contributed by atoms with Gasteiger partial charge < -0.3 is 10.5 Å². The van der Waals surface area contributed by atoms with Crippen molar-refractivity contribution < 1.29 is 9.53 Å². The maximum absolute atomic E-state index is 10.9. The van der Waals surface area contributed by atoms with Crippen LogP contribution in [0.3, 0.4) is 0 Å². The third-order valence-corrected chi connectivity index (χ3v) is 3.16. The topological polar surface area (TPSA) is 52.3 Å². The minimum absolute atomic E-state index is 0.404. The summed E-state index contributed by atoms with van der Waals surface area (Å²) in [7, 11) is 0. The molecule has 0 heterocycles. The predicted molar refractivity (Wildman–Crippen MR) is 78.4 cm³/mol. The van der Waals surface area contributed by atoms with Crippen molar-refractivity contribution in [1.82, 2.24) is 0 Å². The van der Waals surface area contributed by atoms with E-state index in [2.05, 4.69) is 6.92 Å². The summed E-state index contributed by atoms with van der Waals surface area (Å²) < 4.78 is 5.62. The zero-order valence-electron chi connectivity index (χ0n) is 11.9. The first-order valence-electron chi connectivity index (χ1n) is 7.26. The minimum Gasteiger partial charge on any atom is -0.494 e. The highest BCUT2D eigenvalue weighted by Crippen LogP contribution is 2.13. The third kappa shape index (κ3) is 6.85. The Balaban J connectivity index is 2.07. The Labute approximate surface area is 116 Å². The molecule has 2 N–H and O–H groups in total. The number of carbonyl (C=O) groups excluding carboxylic acids is 1. The second kappa shape index (κ2) is 9.42. The summed E-state index contributed by atoms with van der Waals surface area (Å²) in [6, 6.07) is 6.98. The number of hydrogen-bond acceptors (Lipinski definition) is 2. The molecule has 0 unspecified atom stereocenters. The predicted octanol–water partition coefficient (Wildman–Crippen LogP) is 3.91. The van der Waals surface area contributed by atoms with E-state index in [1.54, 1.807) is 24.3 Å². The average molecular weight is 263 g/mol. The van der Waals surface area contributed by atoms with Gasteiger partial charge in [-0.2, -0.15) is 0 Å². The van der Waals surface area contributed by atoms with Crippen LogP contribution in [0.1, 0.15) is 62.2 Å². The molecule has 0 aromatic heterocycles. The van der Waals surface area contributed by atoms with E-state index in [1.807, 2.05) is 0 Å². The van der Waals surface area contributed by atoms with Gasteiger partial charge in [0.05, 0.1) is 6.61 Å². The van der Waals surface area contributed by atoms with E-state index in [-0.39, 0.29) is 0 Å². The Bertz CT molecular complexity index is 360. The maximum atomic E-state index is 10.9. The lowest BCUT2D eigenvalue weighted by molar-refractivity contribution is 0.100. The quantitative estimate of drug-likeness (QED) is 0.650. The van der Waals surface area contributed by atoms with Crippen molar-refractivity contribution in [3.63, 3.8) is 0 Å². The number of amides is 1. The number of rotatable bonds is 10. The normalized spacial score (nSPS) is 10.4. The molecule has 0 fully saturated rings. The van der Waals surface area contributed by atoms with Crippen molar-refractivity contribution in [3.8, 4) is 5.75 Å². The summed E-state index contributed by atoms with van der Waals surface area (Å²) in [5.74, 6) is 0.398. The molecule has 0 aliphatic heterocycles. The number of ether oxygens (including phenoxy) is 1.